The number of urea groups is 1. The standard InChI is InChI=1S/C21H25N5O3/c1-16-7-10-22-19(23-16)24-11-8-21(9-12-24)18(28)25(13-14-27)20(29)26(21)15-17-5-3-2-4-6-17/h2-7,10,27H,8-9,11-15H2,1H3. The molecule has 2 saturated heterocycles. The van der Waals surface area contributed by atoms with Gasteiger partial charge in [0.15, 0.2) is 0 Å². The topological polar surface area (TPSA) is 89.9 Å². The Bertz CT molecular complexity index is 896. The molecule has 3 heterocycles. The van der Waals surface area contributed by atoms with Gasteiger partial charge in [0.05, 0.1) is 13.2 Å². The maximum atomic E-state index is 13.3. The van der Waals surface area contributed by atoms with Crippen molar-refractivity contribution in [3.8, 4) is 0 Å². The van der Waals surface area contributed by atoms with Crippen molar-refractivity contribution in [1.29, 1.82) is 0 Å². The Hall–Kier alpha value is -3.00. The van der Waals surface area contributed by atoms with E-state index >= 15 is 0 Å². The SMILES string of the molecule is Cc1ccnc(N2CCC3(CC2)C(=O)N(CCO)C(=O)N3Cc2ccccc2)n1. The van der Waals surface area contributed by atoms with Crippen LogP contribution in [-0.4, -0.2) is 68.6 Å². The van der Waals surface area contributed by atoms with Gasteiger partial charge in [-0.3, -0.25) is 9.69 Å². The Morgan fingerprint density at radius 1 is 1.10 bits per heavy atom. The zero-order valence-corrected chi connectivity index (χ0v) is 16.5. The molecule has 2 aliphatic rings. The van der Waals surface area contributed by atoms with Crippen molar-refractivity contribution >= 4 is 17.9 Å². The van der Waals surface area contributed by atoms with Crippen LogP contribution in [0.3, 0.4) is 0 Å². The molecule has 0 radical (unpaired) electrons. The monoisotopic (exact) mass is 395 g/mol. The van der Waals surface area contributed by atoms with Gasteiger partial charge < -0.3 is 14.9 Å². The fourth-order valence-electron chi connectivity index (χ4n) is 4.21. The number of aliphatic hydroxyl groups is 1. The number of carbonyl (C=O) groups is 2. The molecule has 4 rings (SSSR count). The number of hydrogen-bond acceptors (Lipinski definition) is 6. The van der Waals surface area contributed by atoms with Gasteiger partial charge in [0.1, 0.15) is 5.54 Å². The Balaban J connectivity index is 1.60. The Kier molecular flexibility index (Phi) is 5.19. The lowest BCUT2D eigenvalue weighted by molar-refractivity contribution is -0.134. The fourth-order valence-corrected chi connectivity index (χ4v) is 4.21. The molecule has 1 spiro atoms. The third-order valence-corrected chi connectivity index (χ3v) is 5.78. The largest absolute Gasteiger partial charge is 0.395 e. The molecule has 29 heavy (non-hydrogen) atoms. The summed E-state index contributed by atoms with van der Waals surface area (Å²) in [5.41, 5.74) is 0.980. The molecule has 0 aliphatic carbocycles. The fraction of sp³-hybridized carbons (Fsp3) is 0.429. The molecule has 3 amide bonds. The average Bonchev–Trinajstić information content (AvgIpc) is 2.92. The number of piperidine rings is 1. The number of carbonyl (C=O) groups excluding carboxylic acids is 2. The van der Waals surface area contributed by atoms with E-state index in [9.17, 15) is 14.7 Å². The summed E-state index contributed by atoms with van der Waals surface area (Å²) in [5, 5.41) is 9.35. The van der Waals surface area contributed by atoms with Crippen molar-refractivity contribution in [2.24, 2.45) is 0 Å². The highest BCUT2D eigenvalue weighted by Gasteiger charge is 2.57. The molecule has 0 bridgehead atoms. The zero-order valence-electron chi connectivity index (χ0n) is 16.5. The van der Waals surface area contributed by atoms with E-state index in [1.54, 1.807) is 11.1 Å². The molecule has 2 aromatic rings. The van der Waals surface area contributed by atoms with E-state index in [0.29, 0.717) is 38.4 Å². The molecule has 0 saturated carbocycles. The van der Waals surface area contributed by atoms with E-state index in [1.807, 2.05) is 43.3 Å². The molecule has 8 heteroatoms. The number of nitrogens with zero attached hydrogens (tertiary/aromatic N) is 5. The minimum atomic E-state index is -0.886. The van der Waals surface area contributed by atoms with Gasteiger partial charge in [0.2, 0.25) is 5.95 Å². The number of imide groups is 1. The van der Waals surface area contributed by atoms with Crippen LogP contribution in [0.1, 0.15) is 24.1 Å². The Morgan fingerprint density at radius 3 is 2.48 bits per heavy atom. The molecular formula is C21H25N5O3. The van der Waals surface area contributed by atoms with Gasteiger partial charge in [-0.2, -0.15) is 0 Å². The maximum Gasteiger partial charge on any atom is 0.328 e. The highest BCUT2D eigenvalue weighted by Crippen LogP contribution is 2.38. The van der Waals surface area contributed by atoms with Gasteiger partial charge >= 0.3 is 6.03 Å². The van der Waals surface area contributed by atoms with Crippen molar-refractivity contribution in [1.82, 2.24) is 19.8 Å². The first-order chi connectivity index (χ1) is 14.0. The van der Waals surface area contributed by atoms with Gasteiger partial charge in [-0.1, -0.05) is 30.3 Å². The van der Waals surface area contributed by atoms with E-state index in [4.69, 9.17) is 0 Å². The van der Waals surface area contributed by atoms with Crippen molar-refractivity contribution in [2.45, 2.75) is 31.8 Å². The van der Waals surface area contributed by atoms with Crippen molar-refractivity contribution < 1.29 is 14.7 Å². The summed E-state index contributed by atoms with van der Waals surface area (Å²) in [6, 6.07) is 11.2. The van der Waals surface area contributed by atoms with Crippen LogP contribution in [0.15, 0.2) is 42.6 Å². The van der Waals surface area contributed by atoms with Gasteiger partial charge in [0.25, 0.3) is 5.91 Å². The average molecular weight is 395 g/mol. The van der Waals surface area contributed by atoms with Crippen LogP contribution in [0.5, 0.6) is 0 Å². The lowest BCUT2D eigenvalue weighted by atomic mass is 9.85. The van der Waals surface area contributed by atoms with Crippen molar-refractivity contribution in [3.63, 3.8) is 0 Å². The van der Waals surface area contributed by atoms with Crippen LogP contribution in [0.2, 0.25) is 0 Å². The Labute approximate surface area is 169 Å². The quantitative estimate of drug-likeness (QED) is 0.773. The highest BCUT2D eigenvalue weighted by atomic mass is 16.3. The van der Waals surface area contributed by atoms with Crippen molar-refractivity contribution in [3.05, 3.63) is 53.9 Å². The number of anilines is 1. The molecule has 2 fully saturated rings. The second-order valence-electron chi connectivity index (χ2n) is 7.55. The van der Waals surface area contributed by atoms with Crippen LogP contribution >= 0.6 is 0 Å². The maximum absolute atomic E-state index is 13.3. The molecule has 0 atom stereocenters. The molecule has 1 aromatic carbocycles. The number of aliphatic hydroxyl groups excluding tert-OH is 1. The molecule has 0 unspecified atom stereocenters. The first kappa shape index (κ1) is 19.3. The summed E-state index contributed by atoms with van der Waals surface area (Å²) in [6.45, 7) is 3.24. The second kappa shape index (κ2) is 7.79. The predicted octanol–water partition coefficient (Wildman–Crippen LogP) is 1.58. The smallest absolute Gasteiger partial charge is 0.328 e. The predicted molar refractivity (Wildman–Crippen MR) is 107 cm³/mol. The third-order valence-electron chi connectivity index (χ3n) is 5.78. The number of amides is 3. The number of aromatic nitrogens is 2. The zero-order chi connectivity index (χ0) is 20.4. The van der Waals surface area contributed by atoms with E-state index in [2.05, 4.69) is 14.9 Å². The van der Waals surface area contributed by atoms with E-state index < -0.39 is 5.54 Å². The number of rotatable bonds is 5. The number of benzene rings is 1. The normalized spacial score (nSPS) is 18.8. The van der Waals surface area contributed by atoms with Gasteiger partial charge in [-0.05, 0) is 31.4 Å². The third kappa shape index (κ3) is 3.44. The summed E-state index contributed by atoms with van der Waals surface area (Å²) in [7, 11) is 0. The first-order valence-electron chi connectivity index (χ1n) is 9.88. The van der Waals surface area contributed by atoms with Crippen LogP contribution < -0.4 is 4.90 Å². The van der Waals surface area contributed by atoms with Crippen LogP contribution in [0.25, 0.3) is 0 Å². The van der Waals surface area contributed by atoms with E-state index in [0.717, 1.165) is 11.3 Å². The molecule has 152 valence electrons. The van der Waals surface area contributed by atoms with Gasteiger partial charge in [0, 0.05) is 31.5 Å². The van der Waals surface area contributed by atoms with Crippen molar-refractivity contribution in [2.75, 3.05) is 31.1 Å². The second-order valence-corrected chi connectivity index (χ2v) is 7.55. The molecule has 1 N–H and O–H groups in total. The molecule has 8 nitrogen and oxygen atoms in total. The van der Waals surface area contributed by atoms with Gasteiger partial charge in [-0.15, -0.1) is 0 Å². The lowest BCUT2D eigenvalue weighted by Crippen LogP contribution is -2.56. The highest BCUT2D eigenvalue weighted by molar-refractivity contribution is 6.07. The molecule has 2 aliphatic heterocycles. The minimum Gasteiger partial charge on any atom is -0.395 e. The summed E-state index contributed by atoms with van der Waals surface area (Å²) >= 11 is 0. The summed E-state index contributed by atoms with van der Waals surface area (Å²) in [6.07, 6.45) is 2.74. The summed E-state index contributed by atoms with van der Waals surface area (Å²) in [5.74, 6) is 0.440. The Morgan fingerprint density at radius 2 is 1.83 bits per heavy atom. The number of aryl methyl sites for hydroxylation is 1. The number of β-amino-alcohol motifs (C(OH)–C–C–N with tert-alkyl or cyclic N) is 1. The first-order valence-corrected chi connectivity index (χ1v) is 9.88. The van der Waals surface area contributed by atoms with Crippen LogP contribution in [0, 0.1) is 6.92 Å². The molecule has 1 aromatic heterocycles. The van der Waals surface area contributed by atoms with E-state index in [1.165, 1.54) is 4.90 Å². The summed E-state index contributed by atoms with van der Waals surface area (Å²) < 4.78 is 0. The summed E-state index contributed by atoms with van der Waals surface area (Å²) in [4.78, 5) is 40.1. The number of hydrogen-bond donors (Lipinski definition) is 1. The minimum absolute atomic E-state index is 0.0232. The van der Waals surface area contributed by atoms with Crippen LogP contribution in [0.4, 0.5) is 10.7 Å². The van der Waals surface area contributed by atoms with Crippen LogP contribution in [-0.2, 0) is 11.3 Å². The van der Waals surface area contributed by atoms with E-state index in [-0.39, 0.29) is 25.1 Å². The lowest BCUT2D eigenvalue weighted by Gasteiger charge is -2.42. The van der Waals surface area contributed by atoms with Gasteiger partial charge in [-0.25, -0.2) is 14.8 Å². The molecular weight excluding hydrogens is 370 g/mol.